The molecule has 2 aromatic carbocycles. The molecule has 9 heteroatoms. The Morgan fingerprint density at radius 1 is 0.931 bits per heavy atom. The second-order valence-electron chi connectivity index (χ2n) is 7.05. The third kappa shape index (κ3) is 4.52. The van der Waals surface area contributed by atoms with Crippen LogP contribution in [0.2, 0.25) is 0 Å². The van der Waals surface area contributed by atoms with Gasteiger partial charge in [0.05, 0.1) is 22.5 Å². The van der Waals surface area contributed by atoms with Gasteiger partial charge in [0.15, 0.2) is 0 Å². The molecule has 4 rings (SSSR count). The minimum atomic E-state index is -3.58. The van der Waals surface area contributed by atoms with E-state index in [0.717, 1.165) is 18.7 Å². The molecule has 1 aromatic heterocycles. The molecule has 0 radical (unpaired) electrons. The lowest BCUT2D eigenvalue weighted by molar-refractivity contribution is 0.174. The van der Waals surface area contributed by atoms with E-state index in [0.29, 0.717) is 43.8 Å². The molecule has 1 aliphatic heterocycles. The number of nitrogens with zero attached hydrogens (tertiary/aromatic N) is 2. The molecule has 0 saturated carbocycles. The number of aromatic amines is 2. The fourth-order valence-corrected chi connectivity index (χ4v) is 4.96. The van der Waals surface area contributed by atoms with E-state index in [1.807, 2.05) is 30.3 Å². The van der Waals surface area contributed by atoms with Crippen LogP contribution in [0.5, 0.6) is 5.75 Å². The van der Waals surface area contributed by atoms with Crippen LogP contribution in [-0.2, 0) is 10.0 Å². The lowest BCUT2D eigenvalue weighted by Gasteiger charge is -2.33. The van der Waals surface area contributed by atoms with Crippen LogP contribution in [0.1, 0.15) is 6.42 Å². The number of nitrogens with one attached hydrogen (secondary N) is 2. The predicted octanol–water partition coefficient (Wildman–Crippen LogP) is 1.63. The first-order valence-electron chi connectivity index (χ1n) is 9.65. The molecule has 0 unspecified atom stereocenters. The Bertz CT molecular complexity index is 1120. The predicted molar refractivity (Wildman–Crippen MR) is 111 cm³/mol. The highest BCUT2D eigenvalue weighted by atomic mass is 32.2. The number of aromatic nitrogens is 2. The van der Waals surface area contributed by atoms with Crippen molar-refractivity contribution in [3.8, 4) is 5.75 Å². The van der Waals surface area contributed by atoms with Gasteiger partial charge in [0.2, 0.25) is 10.0 Å². The molecule has 8 nitrogen and oxygen atoms in total. The quantitative estimate of drug-likeness (QED) is 0.571. The average molecular weight is 417 g/mol. The van der Waals surface area contributed by atoms with Crippen molar-refractivity contribution in [3.05, 3.63) is 59.0 Å². The molecule has 154 valence electrons. The van der Waals surface area contributed by atoms with Gasteiger partial charge >= 0.3 is 5.69 Å². The van der Waals surface area contributed by atoms with Gasteiger partial charge in [-0.15, -0.1) is 0 Å². The van der Waals surface area contributed by atoms with Gasteiger partial charge in [0, 0.05) is 32.7 Å². The lowest BCUT2D eigenvalue weighted by atomic mass is 10.3. The molecule has 0 spiro atoms. The van der Waals surface area contributed by atoms with E-state index in [1.165, 1.54) is 16.4 Å². The minimum Gasteiger partial charge on any atom is -0.494 e. The monoisotopic (exact) mass is 416 g/mol. The van der Waals surface area contributed by atoms with Crippen molar-refractivity contribution in [3.63, 3.8) is 0 Å². The van der Waals surface area contributed by atoms with Gasteiger partial charge in [-0.05, 0) is 36.8 Å². The van der Waals surface area contributed by atoms with Crippen LogP contribution in [-0.4, -0.2) is 66.9 Å². The molecule has 1 saturated heterocycles. The van der Waals surface area contributed by atoms with Gasteiger partial charge in [0.25, 0.3) is 0 Å². The molecule has 0 atom stereocenters. The van der Waals surface area contributed by atoms with Crippen molar-refractivity contribution in [2.24, 2.45) is 0 Å². The number of benzene rings is 2. The average Bonchev–Trinajstić information content (AvgIpc) is 3.11. The fraction of sp³-hybridized carbons (Fsp3) is 0.350. The maximum Gasteiger partial charge on any atom is 0.323 e. The third-order valence-electron chi connectivity index (χ3n) is 5.09. The van der Waals surface area contributed by atoms with Gasteiger partial charge in [-0.25, -0.2) is 13.2 Å². The number of piperazine rings is 1. The normalized spacial score (nSPS) is 16.3. The highest BCUT2D eigenvalue weighted by Gasteiger charge is 2.28. The topological polar surface area (TPSA) is 98.5 Å². The lowest BCUT2D eigenvalue weighted by Crippen LogP contribution is -2.48. The first-order valence-corrected chi connectivity index (χ1v) is 11.1. The number of ether oxygens (including phenoxy) is 1. The summed E-state index contributed by atoms with van der Waals surface area (Å²) in [6.45, 7) is 3.78. The molecule has 0 bridgehead atoms. The second kappa shape index (κ2) is 8.40. The van der Waals surface area contributed by atoms with Gasteiger partial charge < -0.3 is 19.6 Å². The SMILES string of the molecule is O=c1[nH]c2ccc(S(=O)(=O)N3CCN(CCCOc4ccccc4)CC3)cc2[nH]1. The van der Waals surface area contributed by atoms with Crippen molar-refractivity contribution in [2.75, 3.05) is 39.3 Å². The standard InChI is InChI=1S/C20H24N4O4S/c25-20-21-18-8-7-17(15-19(18)22-20)29(26,27)24-12-10-23(11-13-24)9-4-14-28-16-5-2-1-3-6-16/h1-3,5-8,15H,4,9-14H2,(H2,21,22,25). The second-order valence-corrected chi connectivity index (χ2v) is 8.99. The van der Waals surface area contributed by atoms with E-state index >= 15 is 0 Å². The summed E-state index contributed by atoms with van der Waals surface area (Å²) in [5.74, 6) is 0.865. The summed E-state index contributed by atoms with van der Waals surface area (Å²) in [6, 6.07) is 14.4. The molecule has 29 heavy (non-hydrogen) atoms. The maximum absolute atomic E-state index is 12.9. The Morgan fingerprint density at radius 3 is 2.41 bits per heavy atom. The number of hydrogen-bond acceptors (Lipinski definition) is 5. The number of hydrogen-bond donors (Lipinski definition) is 2. The minimum absolute atomic E-state index is 0.199. The van der Waals surface area contributed by atoms with Crippen LogP contribution in [0.25, 0.3) is 11.0 Å². The molecule has 1 fully saturated rings. The van der Waals surface area contributed by atoms with Crippen LogP contribution in [0, 0.1) is 0 Å². The summed E-state index contributed by atoms with van der Waals surface area (Å²) >= 11 is 0. The van der Waals surface area contributed by atoms with E-state index in [9.17, 15) is 13.2 Å². The number of rotatable bonds is 7. The molecule has 2 N–H and O–H groups in total. The fourth-order valence-electron chi connectivity index (χ4n) is 3.51. The molecule has 0 amide bonds. The van der Waals surface area contributed by atoms with Crippen LogP contribution in [0.4, 0.5) is 0 Å². The van der Waals surface area contributed by atoms with E-state index in [2.05, 4.69) is 14.9 Å². The summed E-state index contributed by atoms with van der Waals surface area (Å²) < 4.78 is 33.1. The highest BCUT2D eigenvalue weighted by Crippen LogP contribution is 2.20. The Labute approximate surface area is 169 Å². The largest absolute Gasteiger partial charge is 0.494 e. The van der Waals surface area contributed by atoms with Gasteiger partial charge in [-0.2, -0.15) is 4.31 Å². The molecular weight excluding hydrogens is 392 g/mol. The maximum atomic E-state index is 12.9. The molecule has 1 aliphatic rings. The van der Waals surface area contributed by atoms with E-state index in [-0.39, 0.29) is 10.6 Å². The summed E-state index contributed by atoms with van der Waals surface area (Å²) in [6.07, 6.45) is 0.888. The zero-order chi connectivity index (χ0) is 20.3. The Kier molecular flexibility index (Phi) is 5.70. The van der Waals surface area contributed by atoms with E-state index < -0.39 is 10.0 Å². The first kappa shape index (κ1) is 19.7. The zero-order valence-corrected chi connectivity index (χ0v) is 16.8. The number of imidazole rings is 1. The summed E-state index contributed by atoms with van der Waals surface area (Å²) in [5.41, 5.74) is 0.740. The first-order chi connectivity index (χ1) is 14.0. The van der Waals surface area contributed by atoms with Crippen molar-refractivity contribution >= 4 is 21.1 Å². The smallest absolute Gasteiger partial charge is 0.323 e. The van der Waals surface area contributed by atoms with Gasteiger partial charge in [0.1, 0.15) is 5.75 Å². The van der Waals surface area contributed by atoms with Crippen LogP contribution >= 0.6 is 0 Å². The third-order valence-corrected chi connectivity index (χ3v) is 6.98. The van der Waals surface area contributed by atoms with Crippen molar-refractivity contribution in [2.45, 2.75) is 11.3 Å². The molecule has 3 aromatic rings. The van der Waals surface area contributed by atoms with E-state index in [4.69, 9.17) is 4.74 Å². The van der Waals surface area contributed by atoms with Gasteiger partial charge in [-0.3, -0.25) is 0 Å². The molecular formula is C20H24N4O4S. The van der Waals surface area contributed by atoms with Crippen LogP contribution in [0.15, 0.2) is 58.2 Å². The van der Waals surface area contributed by atoms with Crippen LogP contribution in [0.3, 0.4) is 0 Å². The van der Waals surface area contributed by atoms with Crippen LogP contribution < -0.4 is 10.4 Å². The number of H-pyrrole nitrogens is 2. The van der Waals surface area contributed by atoms with E-state index in [1.54, 1.807) is 6.07 Å². The number of para-hydroxylation sites is 1. The van der Waals surface area contributed by atoms with Crippen molar-refractivity contribution in [1.29, 1.82) is 0 Å². The van der Waals surface area contributed by atoms with Crippen molar-refractivity contribution < 1.29 is 13.2 Å². The summed E-state index contributed by atoms with van der Waals surface area (Å²) in [5, 5.41) is 0. The Morgan fingerprint density at radius 2 is 1.66 bits per heavy atom. The highest BCUT2D eigenvalue weighted by molar-refractivity contribution is 7.89. The van der Waals surface area contributed by atoms with Crippen molar-refractivity contribution in [1.82, 2.24) is 19.2 Å². The van der Waals surface area contributed by atoms with Gasteiger partial charge in [-0.1, -0.05) is 18.2 Å². The molecule has 2 heterocycles. The number of fused-ring (bicyclic) bond motifs is 1. The Balaban J connectivity index is 1.29. The summed E-state index contributed by atoms with van der Waals surface area (Å²) in [7, 11) is -3.58. The molecule has 0 aliphatic carbocycles. The summed E-state index contributed by atoms with van der Waals surface area (Å²) in [4.78, 5) is 19.1. The zero-order valence-electron chi connectivity index (χ0n) is 16.0. The Hall–Kier alpha value is -2.62. The number of sulfonamides is 1.